The first-order valence-electron chi connectivity index (χ1n) is 8.92. The summed E-state index contributed by atoms with van der Waals surface area (Å²) in [5, 5.41) is 19.3. The summed E-state index contributed by atoms with van der Waals surface area (Å²) in [5.74, 6) is -0.406. The Morgan fingerprint density at radius 2 is 1.97 bits per heavy atom. The Kier molecular flexibility index (Phi) is 6.76. The maximum absolute atomic E-state index is 13.0. The molecule has 29 heavy (non-hydrogen) atoms. The number of ether oxygens (including phenoxy) is 1. The fraction of sp³-hybridized carbons (Fsp3) is 0.316. The number of rotatable bonds is 6. The lowest BCUT2D eigenvalue weighted by molar-refractivity contribution is -0.135. The Morgan fingerprint density at radius 1 is 1.24 bits per heavy atom. The SMILES string of the molecule is O=C(NO)C1CC(O)CCN1S(=O)(=O)c1ccc(OCc2cccc(Cl)c2)cc1. The smallest absolute Gasteiger partial charge is 0.261 e. The summed E-state index contributed by atoms with van der Waals surface area (Å²) < 4.78 is 32.6. The summed E-state index contributed by atoms with van der Waals surface area (Å²) in [7, 11) is -4.00. The largest absolute Gasteiger partial charge is 0.489 e. The number of nitrogens with one attached hydrogen (secondary N) is 1. The highest BCUT2D eigenvalue weighted by atomic mass is 35.5. The number of piperidine rings is 1. The van der Waals surface area contributed by atoms with E-state index in [1.54, 1.807) is 12.1 Å². The fourth-order valence-electron chi connectivity index (χ4n) is 3.16. The minimum atomic E-state index is -4.00. The molecule has 1 aliphatic heterocycles. The predicted octanol–water partition coefficient (Wildman–Crippen LogP) is 1.94. The number of benzene rings is 2. The van der Waals surface area contributed by atoms with Crippen molar-refractivity contribution >= 4 is 27.5 Å². The van der Waals surface area contributed by atoms with Gasteiger partial charge in [0.25, 0.3) is 5.91 Å². The molecule has 0 saturated carbocycles. The summed E-state index contributed by atoms with van der Waals surface area (Å²) in [6.45, 7) is 0.240. The van der Waals surface area contributed by atoms with E-state index in [0.717, 1.165) is 9.87 Å². The van der Waals surface area contributed by atoms with Gasteiger partial charge in [-0.3, -0.25) is 10.0 Å². The molecule has 1 saturated heterocycles. The van der Waals surface area contributed by atoms with Gasteiger partial charge in [-0.15, -0.1) is 0 Å². The van der Waals surface area contributed by atoms with Crippen molar-refractivity contribution in [3.8, 4) is 5.75 Å². The molecule has 2 aromatic rings. The summed E-state index contributed by atoms with van der Waals surface area (Å²) in [5.41, 5.74) is 2.34. The number of amides is 1. The minimum absolute atomic E-state index is 0.0141. The molecule has 3 N–H and O–H groups in total. The van der Waals surface area contributed by atoms with Gasteiger partial charge in [0.2, 0.25) is 10.0 Å². The van der Waals surface area contributed by atoms with Crippen molar-refractivity contribution in [1.29, 1.82) is 0 Å². The third-order valence-electron chi connectivity index (χ3n) is 4.66. The molecule has 0 spiro atoms. The van der Waals surface area contributed by atoms with Gasteiger partial charge in [0, 0.05) is 11.6 Å². The van der Waals surface area contributed by atoms with Gasteiger partial charge in [-0.1, -0.05) is 23.7 Å². The van der Waals surface area contributed by atoms with Crippen LogP contribution >= 0.6 is 11.6 Å². The Hall–Kier alpha value is -2.17. The van der Waals surface area contributed by atoms with Crippen molar-refractivity contribution in [3.63, 3.8) is 0 Å². The maximum atomic E-state index is 13.0. The molecule has 1 amide bonds. The second-order valence-corrected chi connectivity index (χ2v) is 9.00. The molecule has 0 aromatic heterocycles. The zero-order valence-corrected chi connectivity index (χ0v) is 16.9. The predicted molar refractivity (Wildman–Crippen MR) is 105 cm³/mol. The summed E-state index contributed by atoms with van der Waals surface area (Å²) in [6, 6.07) is 11.9. The number of halogens is 1. The standard InChI is InChI=1S/C19H21ClN2O6S/c20-14-3-1-2-13(10-14)12-28-16-4-6-17(7-5-16)29(26,27)22-9-8-15(23)11-18(22)19(24)21-25/h1-7,10,15,18,23,25H,8-9,11-12H2,(H,21,24). The second kappa shape index (κ2) is 9.10. The van der Waals surface area contributed by atoms with Gasteiger partial charge < -0.3 is 9.84 Å². The van der Waals surface area contributed by atoms with Crippen molar-refractivity contribution in [2.75, 3.05) is 6.54 Å². The Bertz CT molecular complexity index is 967. The van der Waals surface area contributed by atoms with Gasteiger partial charge >= 0.3 is 0 Å². The zero-order valence-electron chi connectivity index (χ0n) is 15.4. The summed E-state index contributed by atoms with van der Waals surface area (Å²) >= 11 is 5.94. The molecule has 0 bridgehead atoms. The number of hydrogen-bond acceptors (Lipinski definition) is 6. The van der Waals surface area contributed by atoms with E-state index in [4.69, 9.17) is 21.5 Å². The van der Waals surface area contributed by atoms with Gasteiger partial charge in [-0.25, -0.2) is 13.9 Å². The molecular formula is C19H21ClN2O6S. The van der Waals surface area contributed by atoms with Gasteiger partial charge in [0.05, 0.1) is 11.0 Å². The van der Waals surface area contributed by atoms with Crippen LogP contribution in [-0.4, -0.2) is 47.6 Å². The van der Waals surface area contributed by atoms with Crippen LogP contribution in [0.2, 0.25) is 5.02 Å². The van der Waals surface area contributed by atoms with Gasteiger partial charge in [0.1, 0.15) is 18.4 Å². The first-order chi connectivity index (χ1) is 13.8. The number of hydroxylamine groups is 1. The number of carbonyl (C=O) groups is 1. The van der Waals surface area contributed by atoms with Crippen LogP contribution in [0.5, 0.6) is 5.75 Å². The molecule has 8 nitrogen and oxygen atoms in total. The monoisotopic (exact) mass is 440 g/mol. The lowest BCUT2D eigenvalue weighted by Crippen LogP contribution is -2.54. The molecule has 2 aromatic carbocycles. The molecule has 2 atom stereocenters. The van der Waals surface area contributed by atoms with Gasteiger partial charge in [0.15, 0.2) is 0 Å². The molecule has 0 aliphatic carbocycles. The van der Waals surface area contributed by atoms with Crippen molar-refractivity contribution in [3.05, 3.63) is 59.1 Å². The van der Waals surface area contributed by atoms with Crippen molar-refractivity contribution in [2.45, 2.75) is 36.5 Å². The summed E-state index contributed by atoms with van der Waals surface area (Å²) in [6.07, 6.45) is -0.701. The molecular weight excluding hydrogens is 420 g/mol. The topological polar surface area (TPSA) is 116 Å². The molecule has 1 heterocycles. The lowest BCUT2D eigenvalue weighted by Gasteiger charge is -2.35. The van der Waals surface area contributed by atoms with Crippen LogP contribution < -0.4 is 10.2 Å². The highest BCUT2D eigenvalue weighted by molar-refractivity contribution is 7.89. The van der Waals surface area contributed by atoms with Gasteiger partial charge in [-0.2, -0.15) is 4.31 Å². The highest BCUT2D eigenvalue weighted by Gasteiger charge is 2.40. The van der Waals surface area contributed by atoms with Crippen LogP contribution in [0.4, 0.5) is 0 Å². The molecule has 1 aliphatic rings. The van der Waals surface area contributed by atoms with Crippen molar-refractivity contribution < 1.29 is 28.3 Å². The molecule has 156 valence electrons. The molecule has 10 heteroatoms. The average Bonchev–Trinajstić information content (AvgIpc) is 2.71. The Morgan fingerprint density at radius 3 is 2.62 bits per heavy atom. The highest BCUT2D eigenvalue weighted by Crippen LogP contribution is 2.27. The quantitative estimate of drug-likeness (QED) is 0.467. The number of hydrogen-bond donors (Lipinski definition) is 3. The van der Waals surface area contributed by atoms with E-state index in [1.807, 2.05) is 12.1 Å². The molecule has 2 unspecified atom stereocenters. The molecule has 0 radical (unpaired) electrons. The lowest BCUT2D eigenvalue weighted by atomic mass is 10.0. The van der Waals surface area contributed by atoms with E-state index < -0.39 is 28.1 Å². The van der Waals surface area contributed by atoms with E-state index >= 15 is 0 Å². The van der Waals surface area contributed by atoms with E-state index in [-0.39, 0.29) is 30.9 Å². The number of nitrogens with zero attached hydrogens (tertiary/aromatic N) is 1. The van der Waals surface area contributed by atoms with Crippen LogP contribution in [0.3, 0.4) is 0 Å². The molecule has 3 rings (SSSR count). The van der Waals surface area contributed by atoms with E-state index in [9.17, 15) is 18.3 Å². The van der Waals surface area contributed by atoms with E-state index in [1.165, 1.54) is 29.7 Å². The zero-order chi connectivity index (χ0) is 21.0. The Labute approximate surface area is 173 Å². The Balaban J connectivity index is 1.74. The van der Waals surface area contributed by atoms with Crippen molar-refractivity contribution in [2.24, 2.45) is 0 Å². The second-order valence-electron chi connectivity index (χ2n) is 6.68. The minimum Gasteiger partial charge on any atom is -0.489 e. The number of aliphatic hydroxyl groups is 1. The van der Waals surface area contributed by atoms with Crippen LogP contribution in [0.15, 0.2) is 53.4 Å². The normalized spacial score (nSPS) is 20.2. The number of sulfonamides is 1. The summed E-state index contributed by atoms with van der Waals surface area (Å²) in [4.78, 5) is 11.9. The van der Waals surface area contributed by atoms with Crippen LogP contribution in [0.25, 0.3) is 0 Å². The van der Waals surface area contributed by atoms with E-state index in [0.29, 0.717) is 10.8 Å². The van der Waals surface area contributed by atoms with E-state index in [2.05, 4.69) is 0 Å². The van der Waals surface area contributed by atoms with Crippen molar-refractivity contribution in [1.82, 2.24) is 9.79 Å². The van der Waals surface area contributed by atoms with Crippen LogP contribution in [-0.2, 0) is 21.4 Å². The first kappa shape index (κ1) is 21.5. The van der Waals surface area contributed by atoms with Crippen LogP contribution in [0.1, 0.15) is 18.4 Å². The number of carbonyl (C=O) groups excluding carboxylic acids is 1. The van der Waals surface area contributed by atoms with Gasteiger partial charge in [-0.05, 0) is 54.8 Å². The molecule has 1 fully saturated rings. The van der Waals surface area contributed by atoms with Crippen LogP contribution in [0, 0.1) is 0 Å². The maximum Gasteiger partial charge on any atom is 0.261 e. The first-order valence-corrected chi connectivity index (χ1v) is 10.7. The average molecular weight is 441 g/mol. The number of aliphatic hydroxyl groups excluding tert-OH is 1. The third kappa shape index (κ3) is 5.06. The fourth-order valence-corrected chi connectivity index (χ4v) is 4.99. The third-order valence-corrected chi connectivity index (χ3v) is 6.82.